The number of carbonyl (C=O) groups is 1. The van der Waals surface area contributed by atoms with Gasteiger partial charge >= 0.3 is 0 Å². The second-order valence-corrected chi connectivity index (χ2v) is 8.08. The molecule has 0 aliphatic carbocycles. The third kappa shape index (κ3) is 6.29. The standard InChI is InChI=1S/C22H24Cl2N6O2/c1-13(2)17-12-19(30-22(28-17)26-8-4-10-31)29-18-11-14(7-9-25-18)27-21(32)20-15(23)5-3-6-16(20)24/h3,5-7,9,11-13,31H,4,8,10H2,1-2H3,(H3,25,26,27,28,29,30,32). The average Bonchev–Trinajstić information content (AvgIpc) is 2.74. The van der Waals surface area contributed by atoms with Crippen molar-refractivity contribution in [1.29, 1.82) is 0 Å². The number of pyridine rings is 1. The fourth-order valence-corrected chi connectivity index (χ4v) is 3.37. The van der Waals surface area contributed by atoms with Gasteiger partial charge in [0.15, 0.2) is 0 Å². The smallest absolute Gasteiger partial charge is 0.258 e. The van der Waals surface area contributed by atoms with Crippen LogP contribution in [0.2, 0.25) is 10.0 Å². The molecule has 0 atom stereocenters. The molecule has 8 nitrogen and oxygen atoms in total. The first-order chi connectivity index (χ1) is 15.4. The van der Waals surface area contributed by atoms with E-state index < -0.39 is 5.91 Å². The van der Waals surface area contributed by atoms with E-state index in [0.717, 1.165) is 5.69 Å². The van der Waals surface area contributed by atoms with Crippen LogP contribution in [0.1, 0.15) is 42.2 Å². The summed E-state index contributed by atoms with van der Waals surface area (Å²) in [5.41, 5.74) is 1.58. The molecule has 1 amide bonds. The van der Waals surface area contributed by atoms with E-state index in [1.165, 1.54) is 0 Å². The van der Waals surface area contributed by atoms with Gasteiger partial charge in [0.2, 0.25) is 5.95 Å². The summed E-state index contributed by atoms with van der Waals surface area (Å²) >= 11 is 12.3. The Kier molecular flexibility index (Phi) is 8.21. The molecule has 1 aromatic carbocycles. The number of rotatable bonds is 9. The second kappa shape index (κ2) is 11.1. The van der Waals surface area contributed by atoms with Crippen LogP contribution >= 0.6 is 23.2 Å². The zero-order valence-corrected chi connectivity index (χ0v) is 19.2. The third-order valence-corrected chi connectivity index (χ3v) is 5.05. The summed E-state index contributed by atoms with van der Waals surface area (Å²) in [6.07, 6.45) is 2.16. The number of hydrogen-bond acceptors (Lipinski definition) is 7. The molecular weight excluding hydrogens is 451 g/mol. The molecule has 3 rings (SSSR count). The molecule has 0 aliphatic heterocycles. The number of aliphatic hydroxyl groups is 1. The van der Waals surface area contributed by atoms with Crippen LogP contribution < -0.4 is 16.0 Å². The summed E-state index contributed by atoms with van der Waals surface area (Å²) in [4.78, 5) is 25.9. The molecule has 2 heterocycles. The highest BCUT2D eigenvalue weighted by Crippen LogP contribution is 2.26. The van der Waals surface area contributed by atoms with Gasteiger partial charge in [0.05, 0.1) is 21.3 Å². The first-order valence-corrected chi connectivity index (χ1v) is 10.8. The molecule has 2 aromatic heterocycles. The summed E-state index contributed by atoms with van der Waals surface area (Å²) in [6, 6.07) is 10.1. The number of aromatic nitrogens is 3. The van der Waals surface area contributed by atoms with E-state index >= 15 is 0 Å². The lowest BCUT2D eigenvalue weighted by molar-refractivity contribution is 0.102. The Hall–Kier alpha value is -2.94. The van der Waals surface area contributed by atoms with Gasteiger partial charge in [-0.2, -0.15) is 4.98 Å². The van der Waals surface area contributed by atoms with Crippen LogP contribution in [0.3, 0.4) is 0 Å². The van der Waals surface area contributed by atoms with Gasteiger partial charge in [0, 0.05) is 37.2 Å². The number of amides is 1. The van der Waals surface area contributed by atoms with Gasteiger partial charge in [-0.3, -0.25) is 4.79 Å². The molecule has 0 saturated carbocycles. The molecule has 10 heteroatoms. The van der Waals surface area contributed by atoms with E-state index in [0.29, 0.717) is 36.2 Å². The molecule has 0 bridgehead atoms. The topological polar surface area (TPSA) is 112 Å². The maximum absolute atomic E-state index is 12.6. The first kappa shape index (κ1) is 23.7. The third-order valence-electron chi connectivity index (χ3n) is 4.42. The minimum atomic E-state index is -0.419. The SMILES string of the molecule is CC(C)c1cc(Nc2cc(NC(=O)c3c(Cl)cccc3Cl)ccn2)nc(NCCCO)n1. The Morgan fingerprint density at radius 3 is 2.53 bits per heavy atom. The molecular formula is C22H24Cl2N6O2. The normalized spacial score (nSPS) is 10.8. The number of hydrogen-bond donors (Lipinski definition) is 4. The number of carbonyl (C=O) groups excluding carboxylic acids is 1. The predicted molar refractivity (Wildman–Crippen MR) is 128 cm³/mol. The van der Waals surface area contributed by atoms with Crippen LogP contribution in [0, 0.1) is 0 Å². The van der Waals surface area contributed by atoms with Crippen molar-refractivity contribution in [1.82, 2.24) is 15.0 Å². The van der Waals surface area contributed by atoms with Gasteiger partial charge in [-0.05, 0) is 30.5 Å². The van der Waals surface area contributed by atoms with Gasteiger partial charge < -0.3 is 21.1 Å². The minimum Gasteiger partial charge on any atom is -0.396 e. The largest absolute Gasteiger partial charge is 0.396 e. The van der Waals surface area contributed by atoms with E-state index in [1.54, 1.807) is 36.5 Å². The molecule has 0 spiro atoms. The highest BCUT2D eigenvalue weighted by Gasteiger charge is 2.15. The van der Waals surface area contributed by atoms with Gasteiger partial charge in [0.1, 0.15) is 11.6 Å². The van der Waals surface area contributed by atoms with Crippen LogP contribution in [0.4, 0.5) is 23.3 Å². The lowest BCUT2D eigenvalue weighted by atomic mass is 10.1. The highest BCUT2D eigenvalue weighted by atomic mass is 35.5. The van der Waals surface area contributed by atoms with E-state index in [2.05, 4.69) is 30.9 Å². The number of benzene rings is 1. The Labute approximate surface area is 196 Å². The molecule has 168 valence electrons. The summed E-state index contributed by atoms with van der Waals surface area (Å²) in [5.74, 6) is 1.28. The van der Waals surface area contributed by atoms with E-state index in [9.17, 15) is 4.79 Å². The van der Waals surface area contributed by atoms with E-state index in [4.69, 9.17) is 28.3 Å². The predicted octanol–water partition coefficient (Wildman–Crippen LogP) is 5.09. The number of nitrogens with zero attached hydrogens (tertiary/aromatic N) is 3. The zero-order chi connectivity index (χ0) is 23.1. The van der Waals surface area contributed by atoms with Crippen LogP contribution in [-0.4, -0.2) is 39.1 Å². The Balaban J connectivity index is 1.79. The van der Waals surface area contributed by atoms with Gasteiger partial charge in [-0.25, -0.2) is 9.97 Å². The molecule has 4 N–H and O–H groups in total. The number of aliphatic hydroxyl groups excluding tert-OH is 1. The molecule has 3 aromatic rings. The fourth-order valence-electron chi connectivity index (χ4n) is 2.80. The molecule has 0 unspecified atom stereocenters. The van der Waals surface area contributed by atoms with Crippen LogP contribution in [-0.2, 0) is 0 Å². The molecule has 0 fully saturated rings. The number of halogens is 2. The highest BCUT2D eigenvalue weighted by molar-refractivity contribution is 6.40. The zero-order valence-electron chi connectivity index (χ0n) is 17.7. The van der Waals surface area contributed by atoms with Crippen LogP contribution in [0.15, 0.2) is 42.6 Å². The summed E-state index contributed by atoms with van der Waals surface area (Å²) in [7, 11) is 0. The van der Waals surface area contributed by atoms with Crippen molar-refractivity contribution in [3.8, 4) is 0 Å². The van der Waals surface area contributed by atoms with Gasteiger partial charge in [0.25, 0.3) is 5.91 Å². The maximum atomic E-state index is 12.6. The van der Waals surface area contributed by atoms with Crippen LogP contribution in [0.25, 0.3) is 0 Å². The summed E-state index contributed by atoms with van der Waals surface area (Å²) in [6.45, 7) is 4.72. The van der Waals surface area contributed by atoms with Crippen molar-refractivity contribution >= 4 is 52.4 Å². The van der Waals surface area contributed by atoms with Gasteiger partial charge in [-0.15, -0.1) is 0 Å². The van der Waals surface area contributed by atoms with Crippen molar-refractivity contribution in [2.75, 3.05) is 29.1 Å². The average molecular weight is 475 g/mol. The molecule has 0 aliphatic rings. The first-order valence-electron chi connectivity index (χ1n) is 10.1. The number of anilines is 4. The minimum absolute atomic E-state index is 0.0871. The lowest BCUT2D eigenvalue weighted by Gasteiger charge is -2.13. The Bertz CT molecular complexity index is 1070. The molecule has 32 heavy (non-hydrogen) atoms. The van der Waals surface area contributed by atoms with Crippen molar-refractivity contribution in [3.63, 3.8) is 0 Å². The van der Waals surface area contributed by atoms with Crippen molar-refractivity contribution in [3.05, 3.63) is 63.9 Å². The van der Waals surface area contributed by atoms with Crippen LogP contribution in [0.5, 0.6) is 0 Å². The monoisotopic (exact) mass is 474 g/mol. The lowest BCUT2D eigenvalue weighted by Crippen LogP contribution is -2.13. The van der Waals surface area contributed by atoms with Gasteiger partial charge in [-0.1, -0.05) is 43.1 Å². The number of nitrogens with one attached hydrogen (secondary N) is 3. The molecule has 0 radical (unpaired) electrons. The quantitative estimate of drug-likeness (QED) is 0.319. The van der Waals surface area contributed by atoms with Crippen molar-refractivity contribution < 1.29 is 9.90 Å². The van der Waals surface area contributed by atoms with E-state index in [-0.39, 0.29) is 28.1 Å². The summed E-state index contributed by atoms with van der Waals surface area (Å²) in [5, 5.41) is 18.6. The maximum Gasteiger partial charge on any atom is 0.258 e. The fraction of sp³-hybridized carbons (Fsp3) is 0.273. The van der Waals surface area contributed by atoms with Crippen molar-refractivity contribution in [2.45, 2.75) is 26.2 Å². The second-order valence-electron chi connectivity index (χ2n) is 7.27. The van der Waals surface area contributed by atoms with Crippen molar-refractivity contribution in [2.24, 2.45) is 0 Å². The Morgan fingerprint density at radius 2 is 1.84 bits per heavy atom. The molecule has 0 saturated heterocycles. The summed E-state index contributed by atoms with van der Waals surface area (Å²) < 4.78 is 0. The van der Waals surface area contributed by atoms with E-state index in [1.807, 2.05) is 19.9 Å². The Morgan fingerprint density at radius 1 is 1.09 bits per heavy atom.